The lowest BCUT2D eigenvalue weighted by molar-refractivity contribution is -0.129. The Morgan fingerprint density at radius 1 is 0.963 bits per heavy atom. The van der Waals surface area contributed by atoms with Crippen LogP contribution >= 0.6 is 0 Å². The first-order valence-electron chi connectivity index (χ1n) is 8.93. The van der Waals surface area contributed by atoms with Crippen molar-refractivity contribution >= 4 is 17.9 Å². The van der Waals surface area contributed by atoms with Crippen LogP contribution in [-0.4, -0.2) is 25.1 Å². The molecule has 2 heterocycles. The third-order valence-electron chi connectivity index (χ3n) is 4.49. The van der Waals surface area contributed by atoms with E-state index in [9.17, 15) is 4.79 Å². The third kappa shape index (κ3) is 3.58. The first-order chi connectivity index (χ1) is 12.9. The van der Waals surface area contributed by atoms with Crippen LogP contribution in [-0.2, 0) is 14.9 Å². The Morgan fingerprint density at radius 3 is 2.37 bits per heavy atom. The van der Waals surface area contributed by atoms with Crippen molar-refractivity contribution in [3.05, 3.63) is 64.9 Å². The van der Waals surface area contributed by atoms with Crippen LogP contribution in [0.5, 0.6) is 11.5 Å². The minimum atomic E-state index is -0.459. The molecule has 0 unspecified atom stereocenters. The molecule has 0 N–H and O–H groups in total. The molecule has 0 aliphatic carbocycles. The van der Waals surface area contributed by atoms with Gasteiger partial charge in [0.15, 0.2) is 17.2 Å². The summed E-state index contributed by atoms with van der Waals surface area (Å²) in [7, 11) is 0. The fourth-order valence-electron chi connectivity index (χ4n) is 2.95. The maximum Gasteiger partial charge on any atom is 0.363 e. The smallest absolute Gasteiger partial charge is 0.363 e. The van der Waals surface area contributed by atoms with E-state index >= 15 is 0 Å². The van der Waals surface area contributed by atoms with Crippen LogP contribution in [0, 0.1) is 0 Å². The highest BCUT2D eigenvalue weighted by Gasteiger charge is 2.25. The number of hydrogen-bond acceptors (Lipinski definition) is 5. The molecule has 2 aromatic rings. The molecular formula is C22H21NO4. The zero-order chi connectivity index (χ0) is 19.0. The van der Waals surface area contributed by atoms with Crippen LogP contribution in [0.1, 0.15) is 37.5 Å². The molecule has 2 aromatic carbocycles. The van der Waals surface area contributed by atoms with Gasteiger partial charge in [-0.25, -0.2) is 9.79 Å². The van der Waals surface area contributed by atoms with Crippen LogP contribution in [0.25, 0.3) is 6.08 Å². The van der Waals surface area contributed by atoms with E-state index in [-0.39, 0.29) is 11.1 Å². The highest BCUT2D eigenvalue weighted by Crippen LogP contribution is 2.32. The number of nitrogens with zero attached hydrogens (tertiary/aromatic N) is 1. The molecular weight excluding hydrogens is 342 g/mol. The van der Waals surface area contributed by atoms with Crippen molar-refractivity contribution in [2.24, 2.45) is 4.99 Å². The summed E-state index contributed by atoms with van der Waals surface area (Å²) in [6.45, 7) is 7.53. The first kappa shape index (κ1) is 17.3. The van der Waals surface area contributed by atoms with Crippen molar-refractivity contribution in [1.29, 1.82) is 0 Å². The average Bonchev–Trinajstić information content (AvgIpc) is 3.01. The van der Waals surface area contributed by atoms with Crippen LogP contribution < -0.4 is 9.47 Å². The lowest BCUT2D eigenvalue weighted by Gasteiger charge is -2.18. The van der Waals surface area contributed by atoms with E-state index in [4.69, 9.17) is 14.2 Å². The molecule has 4 rings (SSSR count). The number of cyclic esters (lactones) is 1. The standard InChI is InChI=1S/C22H21NO4/c1-22(2,3)16-7-5-15(6-8-16)20-23-17(21(24)27-20)12-14-4-9-18-19(13-14)26-11-10-25-18/h4-9,12-13H,10-11H2,1-3H3/b17-12-. The molecule has 0 spiro atoms. The summed E-state index contributed by atoms with van der Waals surface area (Å²) in [5.41, 5.74) is 3.13. The predicted octanol–water partition coefficient (Wildman–Crippen LogP) is 4.10. The molecule has 27 heavy (non-hydrogen) atoms. The second-order valence-corrected chi connectivity index (χ2v) is 7.57. The lowest BCUT2D eigenvalue weighted by atomic mass is 9.87. The van der Waals surface area contributed by atoms with Gasteiger partial charge >= 0.3 is 5.97 Å². The van der Waals surface area contributed by atoms with Crippen molar-refractivity contribution < 1.29 is 19.0 Å². The van der Waals surface area contributed by atoms with E-state index < -0.39 is 5.97 Å². The minimum Gasteiger partial charge on any atom is -0.486 e. The zero-order valence-electron chi connectivity index (χ0n) is 15.6. The van der Waals surface area contributed by atoms with E-state index in [1.807, 2.05) is 42.5 Å². The van der Waals surface area contributed by atoms with Gasteiger partial charge in [-0.05, 0) is 46.9 Å². The Kier molecular flexibility index (Phi) is 4.22. The second-order valence-electron chi connectivity index (χ2n) is 7.57. The maximum atomic E-state index is 12.2. The molecule has 2 aliphatic rings. The van der Waals surface area contributed by atoms with Crippen molar-refractivity contribution in [1.82, 2.24) is 0 Å². The Bertz CT molecular complexity index is 949. The highest BCUT2D eigenvalue weighted by molar-refractivity contribution is 6.12. The van der Waals surface area contributed by atoms with Gasteiger partial charge in [-0.2, -0.15) is 0 Å². The molecule has 0 aromatic heterocycles. The highest BCUT2D eigenvalue weighted by atomic mass is 16.6. The number of aliphatic imine (C=N–C) groups is 1. The summed E-state index contributed by atoms with van der Waals surface area (Å²) >= 11 is 0. The van der Waals surface area contributed by atoms with Crippen LogP contribution in [0.3, 0.4) is 0 Å². The Hall–Kier alpha value is -3.08. The SMILES string of the molecule is CC(C)(C)c1ccc(C2=N/C(=C\c3ccc4c(c3)OCCO4)C(=O)O2)cc1. The predicted molar refractivity (Wildman–Crippen MR) is 103 cm³/mol. The largest absolute Gasteiger partial charge is 0.486 e. The van der Waals surface area contributed by atoms with Gasteiger partial charge in [-0.1, -0.05) is 39.0 Å². The molecule has 5 heteroatoms. The number of hydrogen-bond donors (Lipinski definition) is 0. The van der Waals surface area contributed by atoms with E-state index in [0.29, 0.717) is 30.6 Å². The normalized spacial score (nSPS) is 17.7. The van der Waals surface area contributed by atoms with E-state index in [1.54, 1.807) is 6.08 Å². The van der Waals surface area contributed by atoms with Crippen LogP contribution in [0.2, 0.25) is 0 Å². The Morgan fingerprint density at radius 2 is 1.67 bits per heavy atom. The number of ether oxygens (including phenoxy) is 3. The summed E-state index contributed by atoms with van der Waals surface area (Å²) < 4.78 is 16.4. The van der Waals surface area contributed by atoms with E-state index in [2.05, 4.69) is 25.8 Å². The number of benzene rings is 2. The molecule has 2 aliphatic heterocycles. The number of esters is 1. The maximum absolute atomic E-state index is 12.2. The van der Waals surface area contributed by atoms with Gasteiger partial charge in [0.25, 0.3) is 0 Å². The third-order valence-corrected chi connectivity index (χ3v) is 4.49. The second kappa shape index (κ2) is 6.58. The van der Waals surface area contributed by atoms with E-state index in [1.165, 1.54) is 5.56 Å². The molecule has 0 saturated carbocycles. The van der Waals surface area contributed by atoms with Gasteiger partial charge < -0.3 is 14.2 Å². The summed E-state index contributed by atoms with van der Waals surface area (Å²) in [5, 5.41) is 0. The monoisotopic (exact) mass is 363 g/mol. The van der Waals surface area contributed by atoms with Crippen molar-refractivity contribution in [3.8, 4) is 11.5 Å². The van der Waals surface area contributed by atoms with Crippen LogP contribution in [0.4, 0.5) is 0 Å². The number of fused-ring (bicyclic) bond motifs is 1. The topological polar surface area (TPSA) is 57.1 Å². The molecule has 0 atom stereocenters. The fraction of sp³-hybridized carbons (Fsp3) is 0.273. The molecule has 0 saturated heterocycles. The molecule has 5 nitrogen and oxygen atoms in total. The quantitative estimate of drug-likeness (QED) is 0.595. The van der Waals surface area contributed by atoms with Crippen molar-refractivity contribution in [2.45, 2.75) is 26.2 Å². The summed E-state index contributed by atoms with van der Waals surface area (Å²) in [4.78, 5) is 16.6. The minimum absolute atomic E-state index is 0.0655. The van der Waals surface area contributed by atoms with Crippen LogP contribution in [0.15, 0.2) is 53.2 Å². The molecule has 0 fully saturated rings. The van der Waals surface area contributed by atoms with Crippen molar-refractivity contribution in [3.63, 3.8) is 0 Å². The zero-order valence-corrected chi connectivity index (χ0v) is 15.6. The summed E-state index contributed by atoms with van der Waals surface area (Å²) in [6.07, 6.45) is 1.69. The summed E-state index contributed by atoms with van der Waals surface area (Å²) in [5.74, 6) is 1.24. The summed E-state index contributed by atoms with van der Waals surface area (Å²) in [6, 6.07) is 13.5. The van der Waals surface area contributed by atoms with Gasteiger partial charge in [-0.15, -0.1) is 0 Å². The molecule has 0 bridgehead atoms. The van der Waals surface area contributed by atoms with Gasteiger partial charge in [-0.3, -0.25) is 0 Å². The molecule has 0 radical (unpaired) electrons. The van der Waals surface area contributed by atoms with E-state index in [0.717, 1.165) is 11.1 Å². The van der Waals surface area contributed by atoms with Gasteiger partial charge in [0.2, 0.25) is 5.90 Å². The molecule has 0 amide bonds. The van der Waals surface area contributed by atoms with Gasteiger partial charge in [0.1, 0.15) is 13.2 Å². The molecule has 138 valence electrons. The average molecular weight is 363 g/mol. The van der Waals surface area contributed by atoms with Crippen molar-refractivity contribution in [2.75, 3.05) is 13.2 Å². The first-order valence-corrected chi connectivity index (χ1v) is 8.93. The number of carbonyl (C=O) groups is 1. The van der Waals surface area contributed by atoms with Gasteiger partial charge in [0.05, 0.1) is 0 Å². The number of rotatable bonds is 2. The fourth-order valence-corrected chi connectivity index (χ4v) is 2.95. The Labute approximate surface area is 158 Å². The number of carbonyl (C=O) groups excluding carboxylic acids is 1. The Balaban J connectivity index is 1.60. The lowest BCUT2D eigenvalue weighted by Crippen LogP contribution is -2.15. The van der Waals surface area contributed by atoms with Gasteiger partial charge in [0, 0.05) is 5.56 Å².